The van der Waals surface area contributed by atoms with Crippen molar-refractivity contribution in [1.29, 1.82) is 0 Å². The van der Waals surface area contributed by atoms with Gasteiger partial charge < -0.3 is 10.5 Å². The Hall–Kier alpha value is -2.31. The van der Waals surface area contributed by atoms with E-state index in [9.17, 15) is 21.6 Å². The summed E-state index contributed by atoms with van der Waals surface area (Å²) in [6.45, 7) is 6.87. The number of benzene rings is 1. The lowest BCUT2D eigenvalue weighted by Gasteiger charge is -2.34. The monoisotopic (exact) mass is 449 g/mol. The number of nitrogens with zero attached hydrogens (tertiary/aromatic N) is 2. The Kier molecular flexibility index (Phi) is 7.37. The first-order valence-electron chi connectivity index (χ1n) is 9.15. The summed E-state index contributed by atoms with van der Waals surface area (Å²) in [6, 6.07) is 4.43. The molecule has 0 atom stereocenters. The maximum Gasteiger partial charge on any atom is 0.416 e. The highest BCUT2D eigenvalue weighted by Crippen LogP contribution is 2.31. The van der Waals surface area contributed by atoms with Crippen LogP contribution in [0.5, 0.6) is 5.75 Å². The average Bonchev–Trinajstić information content (AvgIpc) is 2.65. The average molecular weight is 449 g/mol. The molecule has 1 aliphatic heterocycles. The van der Waals surface area contributed by atoms with Crippen molar-refractivity contribution in [2.24, 2.45) is 10.8 Å². The van der Waals surface area contributed by atoms with E-state index in [-0.39, 0.29) is 24.9 Å². The molecule has 0 aromatic heterocycles. The highest BCUT2D eigenvalue weighted by atomic mass is 32.2. The quantitative estimate of drug-likeness (QED) is 0.416. The molecule has 4 N–H and O–H groups in total. The molecule has 0 saturated carbocycles. The van der Waals surface area contributed by atoms with E-state index in [0.717, 1.165) is 12.1 Å². The fourth-order valence-corrected chi connectivity index (χ4v) is 4.43. The predicted molar refractivity (Wildman–Crippen MR) is 108 cm³/mol. The summed E-state index contributed by atoms with van der Waals surface area (Å²) in [7, 11) is -3.82. The van der Waals surface area contributed by atoms with Gasteiger partial charge in [-0.05, 0) is 51.0 Å². The van der Waals surface area contributed by atoms with Crippen LogP contribution >= 0.6 is 0 Å². The third-order valence-corrected chi connectivity index (χ3v) is 6.46. The molecule has 1 heterocycles. The minimum atomic E-state index is -4.41. The zero-order valence-corrected chi connectivity index (χ0v) is 17.6. The van der Waals surface area contributed by atoms with Gasteiger partial charge in [0.1, 0.15) is 11.9 Å². The Bertz CT molecular complexity index is 862. The summed E-state index contributed by atoms with van der Waals surface area (Å²) >= 11 is 0. The van der Waals surface area contributed by atoms with E-state index in [1.54, 1.807) is 13.8 Å². The second kappa shape index (κ2) is 9.23. The number of hydrogen-bond donors (Lipinski definition) is 3. The lowest BCUT2D eigenvalue weighted by molar-refractivity contribution is -0.137. The van der Waals surface area contributed by atoms with Gasteiger partial charge in [0.25, 0.3) is 10.2 Å². The number of hydrogen-bond acceptors (Lipinski definition) is 6. The number of hydrazone groups is 1. The van der Waals surface area contributed by atoms with Gasteiger partial charge in [0.05, 0.1) is 11.1 Å². The molecule has 30 heavy (non-hydrogen) atoms. The van der Waals surface area contributed by atoms with Crippen LogP contribution in [0.2, 0.25) is 0 Å². The summed E-state index contributed by atoms with van der Waals surface area (Å²) < 4.78 is 72.8. The van der Waals surface area contributed by atoms with Crippen LogP contribution in [-0.2, 0) is 16.4 Å². The zero-order chi connectivity index (χ0) is 22.6. The van der Waals surface area contributed by atoms with Crippen LogP contribution in [0.25, 0.3) is 0 Å². The molecule has 168 valence electrons. The summed E-state index contributed by atoms with van der Waals surface area (Å²) in [5, 5.41) is 3.42. The van der Waals surface area contributed by atoms with Crippen molar-refractivity contribution < 1.29 is 26.3 Å². The Morgan fingerprint density at radius 1 is 1.27 bits per heavy atom. The minimum Gasteiger partial charge on any atom is -0.490 e. The minimum absolute atomic E-state index is 0.201. The third-order valence-electron chi connectivity index (χ3n) is 4.64. The molecule has 1 saturated heterocycles. The maximum atomic E-state index is 12.7. The lowest BCUT2D eigenvalue weighted by atomic mass is 10.0. The van der Waals surface area contributed by atoms with Gasteiger partial charge in [-0.3, -0.25) is 5.43 Å². The lowest BCUT2D eigenvalue weighted by Crippen LogP contribution is -2.54. The SMILES string of the molecule is C=NN/C=C(\N)C(C)(C)NS(=O)(=O)N1CCC(Oc2ccc(C(F)(F)F)cc2)CC1. The van der Waals surface area contributed by atoms with Crippen LogP contribution in [0.1, 0.15) is 32.3 Å². The Morgan fingerprint density at radius 2 is 1.83 bits per heavy atom. The van der Waals surface area contributed by atoms with Crippen LogP contribution in [0.15, 0.2) is 41.3 Å². The number of halogens is 3. The van der Waals surface area contributed by atoms with E-state index in [0.29, 0.717) is 18.6 Å². The highest BCUT2D eigenvalue weighted by molar-refractivity contribution is 7.87. The van der Waals surface area contributed by atoms with Gasteiger partial charge >= 0.3 is 6.18 Å². The molecule has 8 nitrogen and oxygen atoms in total. The first kappa shape index (κ1) is 24.0. The fourth-order valence-electron chi connectivity index (χ4n) is 2.85. The topological polar surface area (TPSA) is 109 Å². The van der Waals surface area contributed by atoms with E-state index in [4.69, 9.17) is 10.5 Å². The number of ether oxygens (including phenoxy) is 1. The Labute approximate surface area is 174 Å². The molecule has 0 amide bonds. The van der Waals surface area contributed by atoms with Crippen molar-refractivity contribution in [1.82, 2.24) is 14.5 Å². The van der Waals surface area contributed by atoms with Crippen molar-refractivity contribution in [2.75, 3.05) is 13.1 Å². The first-order chi connectivity index (χ1) is 13.8. The highest BCUT2D eigenvalue weighted by Gasteiger charge is 2.34. The molecule has 0 radical (unpaired) electrons. The number of piperidine rings is 1. The smallest absolute Gasteiger partial charge is 0.416 e. The summed E-state index contributed by atoms with van der Waals surface area (Å²) in [4.78, 5) is 0. The number of nitrogens with two attached hydrogens (primary N) is 1. The first-order valence-corrected chi connectivity index (χ1v) is 10.6. The molecule has 1 aromatic rings. The van der Waals surface area contributed by atoms with Crippen LogP contribution in [-0.4, -0.2) is 44.2 Å². The van der Waals surface area contributed by atoms with Crippen molar-refractivity contribution in [3.05, 3.63) is 41.7 Å². The standard InChI is InChI=1S/C18H26F3N5O3S/c1-17(2,16(22)12-24-23-3)25-30(27,28)26-10-8-15(9-11-26)29-14-6-4-13(5-7-14)18(19,20)21/h4-7,12,15,24-25H,3,8-11,22H2,1-2H3/b16-12-. The number of rotatable bonds is 8. The van der Waals surface area contributed by atoms with Crippen molar-refractivity contribution in [3.63, 3.8) is 0 Å². The second-order valence-corrected chi connectivity index (χ2v) is 9.03. The van der Waals surface area contributed by atoms with Crippen LogP contribution in [0.4, 0.5) is 13.2 Å². The summed E-state index contributed by atoms with van der Waals surface area (Å²) in [5.74, 6) is 0.310. The fraction of sp³-hybridized carbons (Fsp3) is 0.500. The molecule has 0 bridgehead atoms. The maximum absolute atomic E-state index is 12.7. The van der Waals surface area contributed by atoms with Crippen LogP contribution in [0.3, 0.4) is 0 Å². The van der Waals surface area contributed by atoms with Crippen LogP contribution < -0.4 is 20.6 Å². The molecule has 0 aliphatic carbocycles. The molecular formula is C18H26F3N5O3S. The molecule has 2 rings (SSSR count). The van der Waals surface area contributed by atoms with E-state index in [2.05, 4.69) is 22.0 Å². The van der Waals surface area contributed by atoms with Gasteiger partial charge in [0.15, 0.2) is 0 Å². The van der Waals surface area contributed by atoms with Crippen molar-refractivity contribution in [2.45, 2.75) is 44.5 Å². The molecular weight excluding hydrogens is 423 g/mol. The molecule has 1 fully saturated rings. The second-order valence-electron chi connectivity index (χ2n) is 7.36. The van der Waals surface area contributed by atoms with E-state index < -0.39 is 27.5 Å². The molecule has 0 spiro atoms. The zero-order valence-electron chi connectivity index (χ0n) is 16.7. The molecule has 12 heteroatoms. The number of nitrogens with one attached hydrogen (secondary N) is 2. The number of alkyl halides is 3. The molecule has 1 aliphatic rings. The third kappa shape index (κ3) is 6.34. The Balaban J connectivity index is 1.93. The molecule has 1 aromatic carbocycles. The summed E-state index contributed by atoms with van der Waals surface area (Å²) in [6.07, 6.45) is -2.56. The van der Waals surface area contributed by atoms with E-state index in [1.807, 2.05) is 0 Å². The van der Waals surface area contributed by atoms with Gasteiger partial charge in [0.2, 0.25) is 0 Å². The van der Waals surface area contributed by atoms with Gasteiger partial charge in [0, 0.05) is 31.7 Å². The Morgan fingerprint density at radius 3 is 2.33 bits per heavy atom. The van der Waals surface area contributed by atoms with Crippen molar-refractivity contribution >= 4 is 16.9 Å². The van der Waals surface area contributed by atoms with E-state index >= 15 is 0 Å². The van der Waals surface area contributed by atoms with E-state index in [1.165, 1.54) is 22.6 Å². The van der Waals surface area contributed by atoms with Crippen LogP contribution in [0, 0.1) is 0 Å². The van der Waals surface area contributed by atoms with Gasteiger partial charge in [-0.25, -0.2) is 0 Å². The largest absolute Gasteiger partial charge is 0.490 e. The van der Waals surface area contributed by atoms with Gasteiger partial charge in [-0.2, -0.15) is 35.7 Å². The van der Waals surface area contributed by atoms with Gasteiger partial charge in [-0.15, -0.1) is 0 Å². The molecule has 0 unspecified atom stereocenters. The predicted octanol–water partition coefficient (Wildman–Crippen LogP) is 2.17. The normalized spacial score (nSPS) is 17.6. The summed E-state index contributed by atoms with van der Waals surface area (Å²) in [5.41, 5.74) is 6.76. The van der Waals surface area contributed by atoms with Crippen molar-refractivity contribution in [3.8, 4) is 5.75 Å². The van der Waals surface area contributed by atoms with Gasteiger partial charge in [-0.1, -0.05) is 0 Å².